The average Bonchev–Trinajstić information content (AvgIpc) is 2.52. The van der Waals surface area contributed by atoms with Crippen molar-refractivity contribution in [3.05, 3.63) is 29.8 Å². The maximum absolute atomic E-state index is 9.54. The van der Waals surface area contributed by atoms with Gasteiger partial charge < -0.3 is 15.3 Å². The summed E-state index contributed by atoms with van der Waals surface area (Å²) in [5.41, 5.74) is 2.49. The standard InChI is InChI=1S/C14H22N2O/c1-11-3-5-13(6-4-11)16-12(2)7-8-15-9-14(16)10-17/h3-6,12,14-15,17H,7-10H2,1-2H3. The first-order chi connectivity index (χ1) is 8.22. The zero-order valence-electron chi connectivity index (χ0n) is 10.7. The fourth-order valence-corrected chi connectivity index (χ4v) is 2.51. The molecule has 94 valence electrons. The highest BCUT2D eigenvalue weighted by atomic mass is 16.3. The van der Waals surface area contributed by atoms with E-state index in [2.05, 4.69) is 48.3 Å². The number of nitrogens with zero attached hydrogens (tertiary/aromatic N) is 1. The SMILES string of the molecule is Cc1ccc(N2C(C)CCNCC2CO)cc1. The molecule has 0 aromatic heterocycles. The van der Waals surface area contributed by atoms with E-state index in [1.165, 1.54) is 11.3 Å². The first-order valence-corrected chi connectivity index (χ1v) is 6.39. The lowest BCUT2D eigenvalue weighted by atomic mass is 10.1. The highest BCUT2D eigenvalue weighted by molar-refractivity contribution is 5.49. The first kappa shape index (κ1) is 12.4. The van der Waals surface area contributed by atoms with E-state index in [0.717, 1.165) is 19.5 Å². The van der Waals surface area contributed by atoms with Gasteiger partial charge >= 0.3 is 0 Å². The van der Waals surface area contributed by atoms with Gasteiger partial charge in [-0.1, -0.05) is 17.7 Å². The van der Waals surface area contributed by atoms with Gasteiger partial charge in [0.05, 0.1) is 12.6 Å². The van der Waals surface area contributed by atoms with Crippen LogP contribution >= 0.6 is 0 Å². The number of aryl methyl sites for hydroxylation is 1. The van der Waals surface area contributed by atoms with Crippen LogP contribution in [-0.2, 0) is 0 Å². The molecule has 1 aliphatic rings. The van der Waals surface area contributed by atoms with Gasteiger partial charge in [-0.3, -0.25) is 0 Å². The molecule has 1 heterocycles. The number of nitrogens with one attached hydrogen (secondary N) is 1. The largest absolute Gasteiger partial charge is 0.394 e. The van der Waals surface area contributed by atoms with Crippen LogP contribution in [-0.4, -0.2) is 36.9 Å². The van der Waals surface area contributed by atoms with Crippen LogP contribution in [0.1, 0.15) is 18.9 Å². The van der Waals surface area contributed by atoms with E-state index < -0.39 is 0 Å². The van der Waals surface area contributed by atoms with Crippen LogP contribution in [0.25, 0.3) is 0 Å². The predicted octanol–water partition coefficient (Wildman–Crippen LogP) is 1.54. The van der Waals surface area contributed by atoms with Crippen LogP contribution < -0.4 is 10.2 Å². The van der Waals surface area contributed by atoms with Crippen molar-refractivity contribution in [2.45, 2.75) is 32.4 Å². The summed E-state index contributed by atoms with van der Waals surface area (Å²) in [6, 6.07) is 9.21. The van der Waals surface area contributed by atoms with Crippen molar-refractivity contribution in [1.29, 1.82) is 0 Å². The normalized spacial score (nSPS) is 25.7. The van der Waals surface area contributed by atoms with Gasteiger partial charge in [-0.2, -0.15) is 0 Å². The van der Waals surface area contributed by atoms with Crippen LogP contribution in [0.15, 0.2) is 24.3 Å². The van der Waals surface area contributed by atoms with Crippen molar-refractivity contribution >= 4 is 5.69 Å². The Morgan fingerprint density at radius 1 is 1.35 bits per heavy atom. The highest BCUT2D eigenvalue weighted by Crippen LogP contribution is 2.23. The van der Waals surface area contributed by atoms with Gasteiger partial charge in [0.15, 0.2) is 0 Å². The molecule has 3 nitrogen and oxygen atoms in total. The van der Waals surface area contributed by atoms with Crippen molar-refractivity contribution < 1.29 is 5.11 Å². The zero-order chi connectivity index (χ0) is 12.3. The molecule has 0 saturated carbocycles. The molecule has 17 heavy (non-hydrogen) atoms. The summed E-state index contributed by atoms with van der Waals surface area (Å²) < 4.78 is 0. The lowest BCUT2D eigenvalue weighted by Gasteiger charge is -2.35. The Morgan fingerprint density at radius 3 is 2.71 bits per heavy atom. The average molecular weight is 234 g/mol. The van der Waals surface area contributed by atoms with E-state index in [0.29, 0.717) is 6.04 Å². The molecule has 2 N–H and O–H groups in total. The zero-order valence-corrected chi connectivity index (χ0v) is 10.7. The fourth-order valence-electron chi connectivity index (χ4n) is 2.51. The van der Waals surface area contributed by atoms with Gasteiger partial charge in [0.25, 0.3) is 0 Å². The monoisotopic (exact) mass is 234 g/mol. The maximum atomic E-state index is 9.54. The van der Waals surface area contributed by atoms with E-state index in [9.17, 15) is 5.11 Å². The van der Waals surface area contributed by atoms with Crippen molar-refractivity contribution in [1.82, 2.24) is 5.32 Å². The number of aliphatic hydroxyl groups is 1. The number of aliphatic hydroxyl groups excluding tert-OH is 1. The molecular weight excluding hydrogens is 212 g/mol. The van der Waals surface area contributed by atoms with Crippen molar-refractivity contribution in [2.75, 3.05) is 24.6 Å². The Morgan fingerprint density at radius 2 is 2.06 bits per heavy atom. The van der Waals surface area contributed by atoms with E-state index in [1.54, 1.807) is 0 Å². The molecule has 1 fully saturated rings. The summed E-state index contributed by atoms with van der Waals surface area (Å²) in [5, 5.41) is 12.9. The summed E-state index contributed by atoms with van der Waals surface area (Å²) in [6.45, 7) is 6.41. The van der Waals surface area contributed by atoms with E-state index in [1.807, 2.05) is 0 Å². The molecule has 0 amide bonds. The van der Waals surface area contributed by atoms with E-state index in [4.69, 9.17) is 0 Å². The van der Waals surface area contributed by atoms with Crippen LogP contribution in [0.2, 0.25) is 0 Å². The number of benzene rings is 1. The number of rotatable bonds is 2. The smallest absolute Gasteiger partial charge is 0.0648 e. The highest BCUT2D eigenvalue weighted by Gasteiger charge is 2.25. The minimum atomic E-state index is 0.176. The molecule has 0 spiro atoms. The Kier molecular flexibility index (Phi) is 4.02. The maximum Gasteiger partial charge on any atom is 0.0648 e. The van der Waals surface area contributed by atoms with Gasteiger partial charge in [-0.05, 0) is 38.9 Å². The van der Waals surface area contributed by atoms with Gasteiger partial charge in [0.2, 0.25) is 0 Å². The van der Waals surface area contributed by atoms with E-state index >= 15 is 0 Å². The molecule has 1 aromatic rings. The molecule has 2 rings (SSSR count). The Hall–Kier alpha value is -1.06. The molecular formula is C14H22N2O. The summed E-state index contributed by atoms with van der Waals surface area (Å²) in [5.74, 6) is 0. The van der Waals surface area contributed by atoms with Gasteiger partial charge in [-0.15, -0.1) is 0 Å². The number of hydrogen-bond acceptors (Lipinski definition) is 3. The first-order valence-electron chi connectivity index (χ1n) is 6.39. The summed E-state index contributed by atoms with van der Waals surface area (Å²) >= 11 is 0. The van der Waals surface area contributed by atoms with Crippen molar-refractivity contribution in [3.8, 4) is 0 Å². The molecule has 1 saturated heterocycles. The summed E-state index contributed by atoms with van der Waals surface area (Å²) in [7, 11) is 0. The predicted molar refractivity (Wildman–Crippen MR) is 71.5 cm³/mol. The van der Waals surface area contributed by atoms with Gasteiger partial charge in [0.1, 0.15) is 0 Å². The third-order valence-corrected chi connectivity index (χ3v) is 3.53. The topological polar surface area (TPSA) is 35.5 Å². The lowest BCUT2D eigenvalue weighted by Crippen LogP contribution is -2.46. The van der Waals surface area contributed by atoms with Crippen LogP contribution in [0.4, 0.5) is 5.69 Å². The molecule has 0 bridgehead atoms. The Bertz CT molecular complexity index is 350. The molecule has 1 aromatic carbocycles. The third-order valence-electron chi connectivity index (χ3n) is 3.53. The van der Waals surface area contributed by atoms with Crippen LogP contribution in [0.3, 0.4) is 0 Å². The second-order valence-corrected chi connectivity index (χ2v) is 4.92. The minimum Gasteiger partial charge on any atom is -0.394 e. The van der Waals surface area contributed by atoms with Gasteiger partial charge in [-0.25, -0.2) is 0 Å². The number of anilines is 1. The van der Waals surface area contributed by atoms with Gasteiger partial charge in [0, 0.05) is 18.3 Å². The molecule has 2 atom stereocenters. The third kappa shape index (κ3) is 2.79. The lowest BCUT2D eigenvalue weighted by molar-refractivity contribution is 0.255. The summed E-state index contributed by atoms with van der Waals surface area (Å²) in [4.78, 5) is 2.35. The Balaban J connectivity index is 2.26. The van der Waals surface area contributed by atoms with E-state index in [-0.39, 0.29) is 12.6 Å². The van der Waals surface area contributed by atoms with Crippen LogP contribution in [0, 0.1) is 6.92 Å². The molecule has 0 aliphatic carbocycles. The molecule has 0 radical (unpaired) electrons. The van der Waals surface area contributed by atoms with Crippen molar-refractivity contribution in [2.24, 2.45) is 0 Å². The second-order valence-electron chi connectivity index (χ2n) is 4.92. The molecule has 1 aliphatic heterocycles. The Labute approximate surface area is 103 Å². The quantitative estimate of drug-likeness (QED) is 0.815. The summed E-state index contributed by atoms with van der Waals surface area (Å²) in [6.07, 6.45) is 1.12. The number of hydrogen-bond donors (Lipinski definition) is 2. The fraction of sp³-hybridized carbons (Fsp3) is 0.571. The van der Waals surface area contributed by atoms with Crippen molar-refractivity contribution in [3.63, 3.8) is 0 Å². The molecule has 3 heteroatoms. The van der Waals surface area contributed by atoms with Crippen LogP contribution in [0.5, 0.6) is 0 Å². The second kappa shape index (κ2) is 5.52. The molecule has 2 unspecified atom stereocenters. The minimum absolute atomic E-state index is 0.176.